The van der Waals surface area contributed by atoms with Gasteiger partial charge in [0.1, 0.15) is 5.82 Å². The van der Waals surface area contributed by atoms with Gasteiger partial charge in [0.2, 0.25) is 0 Å². The number of ether oxygens (including phenoxy) is 2. The Balaban J connectivity index is 1.76. The van der Waals surface area contributed by atoms with Gasteiger partial charge in [0.05, 0.1) is 31.7 Å². The second-order valence-corrected chi connectivity index (χ2v) is 6.88. The molecule has 1 aliphatic rings. The smallest absolute Gasteiger partial charge is 0.258 e. The van der Waals surface area contributed by atoms with Crippen LogP contribution in [0.25, 0.3) is 10.9 Å². The van der Waals surface area contributed by atoms with E-state index in [4.69, 9.17) is 9.47 Å². The minimum atomic E-state index is -0.172. The van der Waals surface area contributed by atoms with Crippen LogP contribution in [0.2, 0.25) is 0 Å². The molecule has 0 unspecified atom stereocenters. The van der Waals surface area contributed by atoms with E-state index in [1.54, 1.807) is 26.4 Å². The van der Waals surface area contributed by atoms with Gasteiger partial charge in [-0.25, -0.2) is 4.98 Å². The third-order valence-electron chi connectivity index (χ3n) is 5.24. The molecule has 0 saturated heterocycles. The maximum absolute atomic E-state index is 12.6. The van der Waals surface area contributed by atoms with Crippen molar-refractivity contribution in [1.82, 2.24) is 9.97 Å². The van der Waals surface area contributed by atoms with Crippen LogP contribution >= 0.6 is 0 Å². The molecule has 1 atom stereocenters. The van der Waals surface area contributed by atoms with Crippen molar-refractivity contribution in [2.45, 2.75) is 32.4 Å². The van der Waals surface area contributed by atoms with E-state index in [2.05, 4.69) is 46.1 Å². The summed E-state index contributed by atoms with van der Waals surface area (Å²) in [6.07, 6.45) is 2.16. The second-order valence-electron chi connectivity index (χ2n) is 6.88. The number of aryl methyl sites for hydroxylation is 1. The van der Waals surface area contributed by atoms with Crippen LogP contribution < -0.4 is 19.9 Å². The van der Waals surface area contributed by atoms with Crippen LogP contribution in [-0.2, 0) is 13.0 Å². The van der Waals surface area contributed by atoms with E-state index in [1.807, 2.05) is 0 Å². The summed E-state index contributed by atoms with van der Waals surface area (Å²) in [7, 11) is 3.12. The molecular weight excluding hydrogens is 342 g/mol. The molecular formula is C21H23N3O3. The molecule has 3 aromatic rings. The molecule has 2 aromatic carbocycles. The monoisotopic (exact) mass is 365 g/mol. The summed E-state index contributed by atoms with van der Waals surface area (Å²) in [5.74, 6) is 1.72. The lowest BCUT2D eigenvalue weighted by Gasteiger charge is -2.36. The normalized spacial score (nSPS) is 16.3. The number of fused-ring (bicyclic) bond motifs is 2. The van der Waals surface area contributed by atoms with Crippen LogP contribution in [0, 0.1) is 0 Å². The van der Waals surface area contributed by atoms with Crippen LogP contribution in [0.5, 0.6) is 11.5 Å². The third-order valence-corrected chi connectivity index (χ3v) is 5.24. The molecule has 0 bridgehead atoms. The van der Waals surface area contributed by atoms with Gasteiger partial charge in [0, 0.05) is 17.8 Å². The van der Waals surface area contributed by atoms with Crippen molar-refractivity contribution in [2.75, 3.05) is 19.1 Å². The highest BCUT2D eigenvalue weighted by Crippen LogP contribution is 2.32. The molecule has 1 aromatic heterocycles. The fourth-order valence-electron chi connectivity index (χ4n) is 3.75. The van der Waals surface area contributed by atoms with Crippen molar-refractivity contribution in [3.63, 3.8) is 0 Å². The first kappa shape index (κ1) is 17.4. The molecule has 6 nitrogen and oxygen atoms in total. The van der Waals surface area contributed by atoms with Crippen molar-refractivity contribution >= 4 is 16.6 Å². The minimum absolute atomic E-state index is 0.172. The van der Waals surface area contributed by atoms with E-state index in [0.717, 1.165) is 12.8 Å². The number of methoxy groups -OCH3 is 2. The van der Waals surface area contributed by atoms with Crippen LogP contribution in [0.3, 0.4) is 0 Å². The molecule has 1 N–H and O–H groups in total. The average molecular weight is 365 g/mol. The highest BCUT2D eigenvalue weighted by Gasteiger charge is 2.23. The molecule has 1 aliphatic heterocycles. The first-order valence-corrected chi connectivity index (χ1v) is 9.10. The van der Waals surface area contributed by atoms with Crippen molar-refractivity contribution < 1.29 is 9.47 Å². The summed E-state index contributed by atoms with van der Waals surface area (Å²) < 4.78 is 10.6. The molecule has 0 saturated carbocycles. The van der Waals surface area contributed by atoms with Gasteiger partial charge in [-0.1, -0.05) is 18.2 Å². The maximum atomic E-state index is 12.6. The van der Waals surface area contributed by atoms with Crippen molar-refractivity contribution in [1.29, 1.82) is 0 Å². The number of aromatic amines is 1. The third kappa shape index (κ3) is 3.12. The molecule has 27 heavy (non-hydrogen) atoms. The molecule has 0 aliphatic carbocycles. The van der Waals surface area contributed by atoms with Crippen molar-refractivity contribution in [2.24, 2.45) is 0 Å². The molecule has 2 heterocycles. The van der Waals surface area contributed by atoms with Gasteiger partial charge in [0.25, 0.3) is 5.56 Å². The fourth-order valence-corrected chi connectivity index (χ4v) is 3.75. The number of aromatic nitrogens is 2. The Morgan fingerprint density at radius 2 is 1.93 bits per heavy atom. The summed E-state index contributed by atoms with van der Waals surface area (Å²) in [4.78, 5) is 22.6. The van der Waals surface area contributed by atoms with E-state index in [-0.39, 0.29) is 5.56 Å². The van der Waals surface area contributed by atoms with Crippen LogP contribution in [-0.4, -0.2) is 30.2 Å². The highest BCUT2D eigenvalue weighted by molar-refractivity contribution is 5.81. The Morgan fingerprint density at radius 1 is 1.19 bits per heavy atom. The van der Waals surface area contributed by atoms with Gasteiger partial charge in [-0.2, -0.15) is 0 Å². The molecule has 0 radical (unpaired) electrons. The number of nitrogens with zero attached hydrogens (tertiary/aromatic N) is 2. The Bertz CT molecular complexity index is 1040. The van der Waals surface area contributed by atoms with Gasteiger partial charge in [-0.3, -0.25) is 4.79 Å². The van der Waals surface area contributed by atoms with Crippen molar-refractivity contribution in [3.05, 3.63) is 58.1 Å². The Labute approximate surface area is 157 Å². The summed E-state index contributed by atoms with van der Waals surface area (Å²) in [5.41, 5.74) is 2.98. The Morgan fingerprint density at radius 3 is 2.70 bits per heavy atom. The molecule has 0 amide bonds. The SMILES string of the molecule is COc1cc2nc(CN3c4ccccc4CC[C@@H]3C)[nH]c(=O)c2cc1OC. The van der Waals surface area contributed by atoms with E-state index < -0.39 is 0 Å². The Hall–Kier alpha value is -3.02. The van der Waals surface area contributed by atoms with Gasteiger partial charge in [0.15, 0.2) is 11.5 Å². The zero-order chi connectivity index (χ0) is 19.0. The quantitative estimate of drug-likeness (QED) is 0.768. The summed E-state index contributed by atoms with van der Waals surface area (Å²) >= 11 is 0. The van der Waals surface area contributed by atoms with Gasteiger partial charge < -0.3 is 19.4 Å². The number of anilines is 1. The van der Waals surface area contributed by atoms with Gasteiger partial charge in [-0.15, -0.1) is 0 Å². The number of para-hydroxylation sites is 1. The molecule has 6 heteroatoms. The number of hydrogen-bond acceptors (Lipinski definition) is 5. The standard InChI is InChI=1S/C21H23N3O3/c1-13-8-9-14-6-4-5-7-17(14)24(13)12-20-22-16-11-19(27-3)18(26-2)10-15(16)21(25)23-20/h4-7,10-11,13H,8-9,12H2,1-3H3,(H,22,23,25)/t13-/m0/s1. The second kappa shape index (κ2) is 6.95. The predicted octanol–water partition coefficient (Wildman–Crippen LogP) is 3.28. The lowest BCUT2D eigenvalue weighted by molar-refractivity contribution is 0.355. The zero-order valence-electron chi connectivity index (χ0n) is 15.8. The lowest BCUT2D eigenvalue weighted by Crippen LogP contribution is -2.37. The maximum Gasteiger partial charge on any atom is 0.258 e. The average Bonchev–Trinajstić information content (AvgIpc) is 2.69. The first-order valence-electron chi connectivity index (χ1n) is 9.10. The zero-order valence-corrected chi connectivity index (χ0v) is 15.8. The fraction of sp³-hybridized carbons (Fsp3) is 0.333. The van der Waals surface area contributed by atoms with Gasteiger partial charge in [-0.05, 0) is 37.5 Å². The molecule has 0 fully saturated rings. The van der Waals surface area contributed by atoms with Crippen LogP contribution in [0.4, 0.5) is 5.69 Å². The minimum Gasteiger partial charge on any atom is -0.493 e. The molecule has 140 valence electrons. The summed E-state index contributed by atoms with van der Waals surface area (Å²) in [6, 6.07) is 12.2. The summed E-state index contributed by atoms with van der Waals surface area (Å²) in [6.45, 7) is 2.76. The van der Waals surface area contributed by atoms with E-state index >= 15 is 0 Å². The largest absolute Gasteiger partial charge is 0.493 e. The van der Waals surface area contributed by atoms with E-state index in [0.29, 0.717) is 40.8 Å². The van der Waals surface area contributed by atoms with Crippen LogP contribution in [0.15, 0.2) is 41.2 Å². The van der Waals surface area contributed by atoms with E-state index in [9.17, 15) is 4.79 Å². The first-order chi connectivity index (χ1) is 13.1. The number of rotatable bonds is 4. The lowest BCUT2D eigenvalue weighted by atomic mass is 9.96. The van der Waals surface area contributed by atoms with Crippen LogP contribution in [0.1, 0.15) is 24.7 Å². The highest BCUT2D eigenvalue weighted by atomic mass is 16.5. The predicted molar refractivity (Wildman–Crippen MR) is 106 cm³/mol. The van der Waals surface area contributed by atoms with Crippen molar-refractivity contribution in [3.8, 4) is 11.5 Å². The molecule has 4 rings (SSSR count). The number of nitrogens with one attached hydrogen (secondary N) is 1. The topological polar surface area (TPSA) is 67.5 Å². The van der Waals surface area contributed by atoms with Gasteiger partial charge >= 0.3 is 0 Å². The molecule has 0 spiro atoms. The van der Waals surface area contributed by atoms with E-state index in [1.165, 1.54) is 11.3 Å². The number of H-pyrrole nitrogens is 1. The number of benzene rings is 2. The number of hydrogen-bond donors (Lipinski definition) is 1. The summed E-state index contributed by atoms with van der Waals surface area (Å²) in [5, 5.41) is 0.489. The Kier molecular flexibility index (Phi) is 4.48.